The first-order valence-corrected chi connectivity index (χ1v) is 8.85. The Morgan fingerprint density at radius 3 is 2.70 bits per heavy atom. The summed E-state index contributed by atoms with van der Waals surface area (Å²) in [4.78, 5) is 14.7. The van der Waals surface area contributed by atoms with Crippen molar-refractivity contribution in [2.24, 2.45) is 17.8 Å². The molecule has 4 heteroatoms. The Labute approximate surface area is 138 Å². The van der Waals surface area contributed by atoms with Gasteiger partial charge in [0.2, 0.25) is 5.91 Å². The third-order valence-corrected chi connectivity index (χ3v) is 5.37. The first-order valence-electron chi connectivity index (χ1n) is 8.85. The van der Waals surface area contributed by atoms with Crippen molar-refractivity contribution in [1.29, 1.82) is 0 Å². The Balaban J connectivity index is 1.56. The van der Waals surface area contributed by atoms with E-state index in [1.54, 1.807) is 0 Å². The summed E-state index contributed by atoms with van der Waals surface area (Å²) in [5, 5.41) is 12.7. The Morgan fingerprint density at radius 1 is 1.30 bits per heavy atom. The standard InChI is InChI=1S/C19H28N2O2/c1-14-9-10-21(11-17(14)13-22)12-18(23)20-19(16-7-8-16)15-5-3-2-4-6-15/h2-6,14,16-17,19,22H,7-13H2,1H3,(H,20,23). The summed E-state index contributed by atoms with van der Waals surface area (Å²) >= 11 is 0. The number of carbonyl (C=O) groups excluding carboxylic acids is 1. The number of amides is 1. The van der Waals surface area contributed by atoms with E-state index in [2.05, 4.69) is 29.3 Å². The quantitative estimate of drug-likeness (QED) is 0.846. The van der Waals surface area contributed by atoms with Crippen LogP contribution in [0, 0.1) is 17.8 Å². The number of aliphatic hydroxyl groups excluding tert-OH is 1. The molecule has 0 bridgehead atoms. The van der Waals surface area contributed by atoms with Crippen LogP contribution in [0.15, 0.2) is 30.3 Å². The number of likely N-dealkylation sites (tertiary alicyclic amines) is 1. The normalized spacial score (nSPS) is 26.7. The minimum absolute atomic E-state index is 0.108. The first kappa shape index (κ1) is 16.5. The molecule has 2 aliphatic rings. The molecule has 2 N–H and O–H groups in total. The summed E-state index contributed by atoms with van der Waals surface area (Å²) in [5.74, 6) is 1.54. The molecule has 1 aliphatic heterocycles. The number of piperidine rings is 1. The summed E-state index contributed by atoms with van der Waals surface area (Å²) in [5.41, 5.74) is 1.21. The Kier molecular flexibility index (Phi) is 5.34. The lowest BCUT2D eigenvalue weighted by molar-refractivity contribution is -0.124. The maximum absolute atomic E-state index is 12.5. The molecule has 1 saturated heterocycles. The average Bonchev–Trinajstić information content (AvgIpc) is 3.40. The highest BCUT2D eigenvalue weighted by Crippen LogP contribution is 2.40. The van der Waals surface area contributed by atoms with Crippen LogP contribution in [0.1, 0.15) is 37.8 Å². The largest absolute Gasteiger partial charge is 0.396 e. The van der Waals surface area contributed by atoms with Gasteiger partial charge in [0.1, 0.15) is 0 Å². The van der Waals surface area contributed by atoms with E-state index in [4.69, 9.17) is 0 Å². The minimum Gasteiger partial charge on any atom is -0.396 e. The lowest BCUT2D eigenvalue weighted by Crippen LogP contribution is -2.46. The van der Waals surface area contributed by atoms with E-state index in [0.29, 0.717) is 24.3 Å². The van der Waals surface area contributed by atoms with Crippen molar-refractivity contribution in [2.45, 2.75) is 32.2 Å². The van der Waals surface area contributed by atoms with Crippen LogP contribution in [0.3, 0.4) is 0 Å². The number of rotatable bonds is 6. The average molecular weight is 316 g/mol. The highest BCUT2D eigenvalue weighted by Gasteiger charge is 2.34. The first-order chi connectivity index (χ1) is 11.2. The van der Waals surface area contributed by atoms with Gasteiger partial charge < -0.3 is 10.4 Å². The maximum Gasteiger partial charge on any atom is 0.234 e. The van der Waals surface area contributed by atoms with Gasteiger partial charge in [0.05, 0.1) is 12.6 Å². The fraction of sp³-hybridized carbons (Fsp3) is 0.632. The Morgan fingerprint density at radius 2 is 2.04 bits per heavy atom. The Hall–Kier alpha value is -1.39. The van der Waals surface area contributed by atoms with E-state index in [1.807, 2.05) is 18.2 Å². The predicted octanol–water partition coefficient (Wildman–Crippen LogP) is 2.20. The molecule has 126 valence electrons. The molecule has 1 amide bonds. The van der Waals surface area contributed by atoms with Crippen molar-refractivity contribution >= 4 is 5.91 Å². The van der Waals surface area contributed by atoms with Crippen LogP contribution in [0.5, 0.6) is 0 Å². The lowest BCUT2D eigenvalue weighted by atomic mass is 9.88. The maximum atomic E-state index is 12.5. The number of aliphatic hydroxyl groups is 1. The number of carbonyl (C=O) groups is 1. The molecule has 1 aromatic rings. The summed E-state index contributed by atoms with van der Waals surface area (Å²) in [7, 11) is 0. The van der Waals surface area contributed by atoms with Gasteiger partial charge in [-0.2, -0.15) is 0 Å². The molecular weight excluding hydrogens is 288 g/mol. The van der Waals surface area contributed by atoms with Gasteiger partial charge in [-0.15, -0.1) is 0 Å². The van der Waals surface area contributed by atoms with Crippen molar-refractivity contribution in [2.75, 3.05) is 26.2 Å². The molecule has 3 rings (SSSR count). The predicted molar refractivity (Wildman–Crippen MR) is 90.8 cm³/mol. The van der Waals surface area contributed by atoms with Gasteiger partial charge in [-0.3, -0.25) is 9.69 Å². The second-order valence-corrected chi connectivity index (χ2v) is 7.24. The fourth-order valence-electron chi connectivity index (χ4n) is 3.59. The second kappa shape index (κ2) is 7.45. The van der Waals surface area contributed by atoms with Gasteiger partial charge in [-0.25, -0.2) is 0 Å². The number of hydrogen-bond donors (Lipinski definition) is 2. The van der Waals surface area contributed by atoms with Gasteiger partial charge in [0, 0.05) is 13.2 Å². The van der Waals surface area contributed by atoms with E-state index in [1.165, 1.54) is 18.4 Å². The van der Waals surface area contributed by atoms with E-state index in [0.717, 1.165) is 19.5 Å². The zero-order chi connectivity index (χ0) is 16.2. The SMILES string of the molecule is CC1CCN(CC(=O)NC(c2ccccc2)C2CC2)CC1CO. The summed E-state index contributed by atoms with van der Waals surface area (Å²) in [6, 6.07) is 10.4. The Bertz CT molecular complexity index is 515. The zero-order valence-corrected chi connectivity index (χ0v) is 13.9. The summed E-state index contributed by atoms with van der Waals surface area (Å²) in [6.07, 6.45) is 3.46. The summed E-state index contributed by atoms with van der Waals surface area (Å²) < 4.78 is 0. The van der Waals surface area contributed by atoms with Gasteiger partial charge in [-0.1, -0.05) is 37.3 Å². The molecular formula is C19H28N2O2. The topological polar surface area (TPSA) is 52.6 Å². The van der Waals surface area contributed by atoms with Crippen LogP contribution >= 0.6 is 0 Å². The van der Waals surface area contributed by atoms with Crippen LogP contribution in [0.25, 0.3) is 0 Å². The van der Waals surface area contributed by atoms with Crippen LogP contribution in [0.2, 0.25) is 0 Å². The van der Waals surface area contributed by atoms with Gasteiger partial charge in [0.15, 0.2) is 0 Å². The molecule has 1 aromatic carbocycles. The zero-order valence-electron chi connectivity index (χ0n) is 13.9. The third-order valence-electron chi connectivity index (χ3n) is 5.37. The molecule has 2 fully saturated rings. The lowest BCUT2D eigenvalue weighted by Gasteiger charge is -2.36. The molecule has 23 heavy (non-hydrogen) atoms. The highest BCUT2D eigenvalue weighted by molar-refractivity contribution is 5.78. The summed E-state index contributed by atoms with van der Waals surface area (Å²) in [6.45, 7) is 4.62. The fourth-order valence-corrected chi connectivity index (χ4v) is 3.59. The van der Waals surface area contributed by atoms with E-state index in [-0.39, 0.29) is 18.6 Å². The van der Waals surface area contributed by atoms with Crippen LogP contribution in [-0.2, 0) is 4.79 Å². The molecule has 4 nitrogen and oxygen atoms in total. The van der Waals surface area contributed by atoms with Crippen molar-refractivity contribution in [3.8, 4) is 0 Å². The smallest absolute Gasteiger partial charge is 0.234 e. The van der Waals surface area contributed by atoms with Crippen LogP contribution in [0.4, 0.5) is 0 Å². The van der Waals surface area contributed by atoms with Crippen LogP contribution < -0.4 is 5.32 Å². The molecule has 3 atom stereocenters. The molecule has 3 unspecified atom stereocenters. The minimum atomic E-state index is 0.108. The monoisotopic (exact) mass is 316 g/mol. The highest BCUT2D eigenvalue weighted by atomic mass is 16.3. The number of nitrogens with zero attached hydrogens (tertiary/aromatic N) is 1. The molecule has 1 aliphatic carbocycles. The number of nitrogens with one attached hydrogen (secondary N) is 1. The van der Waals surface area contributed by atoms with E-state index in [9.17, 15) is 9.90 Å². The van der Waals surface area contributed by atoms with E-state index >= 15 is 0 Å². The van der Waals surface area contributed by atoms with Gasteiger partial charge >= 0.3 is 0 Å². The van der Waals surface area contributed by atoms with Crippen molar-refractivity contribution < 1.29 is 9.90 Å². The molecule has 0 radical (unpaired) electrons. The third kappa shape index (κ3) is 4.33. The molecule has 0 spiro atoms. The molecule has 1 saturated carbocycles. The van der Waals surface area contributed by atoms with Crippen molar-refractivity contribution in [3.05, 3.63) is 35.9 Å². The van der Waals surface area contributed by atoms with Crippen molar-refractivity contribution in [3.63, 3.8) is 0 Å². The van der Waals surface area contributed by atoms with Crippen LogP contribution in [-0.4, -0.2) is 42.2 Å². The van der Waals surface area contributed by atoms with Gasteiger partial charge in [0.25, 0.3) is 0 Å². The molecule has 0 aromatic heterocycles. The number of benzene rings is 1. The van der Waals surface area contributed by atoms with Gasteiger partial charge in [-0.05, 0) is 49.1 Å². The second-order valence-electron chi connectivity index (χ2n) is 7.24. The number of hydrogen-bond acceptors (Lipinski definition) is 3. The van der Waals surface area contributed by atoms with Crippen molar-refractivity contribution in [1.82, 2.24) is 10.2 Å². The van der Waals surface area contributed by atoms with E-state index < -0.39 is 0 Å². The molecule has 1 heterocycles.